The van der Waals surface area contributed by atoms with E-state index >= 15 is 0 Å². The van der Waals surface area contributed by atoms with Gasteiger partial charge in [0.2, 0.25) is 5.91 Å². The highest BCUT2D eigenvalue weighted by molar-refractivity contribution is 7.99. The fourth-order valence-corrected chi connectivity index (χ4v) is 3.21. The van der Waals surface area contributed by atoms with Crippen molar-refractivity contribution in [2.75, 3.05) is 24.6 Å². The molecule has 1 aromatic rings. The molecule has 0 spiro atoms. The number of aromatic nitrogens is 2. The predicted molar refractivity (Wildman–Crippen MR) is 81.7 cm³/mol. The van der Waals surface area contributed by atoms with Gasteiger partial charge in [-0.05, 0) is 25.0 Å². The summed E-state index contributed by atoms with van der Waals surface area (Å²) in [5.74, 6) is 0.831. The van der Waals surface area contributed by atoms with Crippen molar-refractivity contribution in [2.45, 2.75) is 32.2 Å². The van der Waals surface area contributed by atoms with Crippen LogP contribution in [0, 0.1) is 0 Å². The van der Waals surface area contributed by atoms with E-state index < -0.39 is 5.97 Å². The molecule has 7 heteroatoms. The van der Waals surface area contributed by atoms with Gasteiger partial charge in [-0.3, -0.25) is 9.48 Å². The number of hydrogen-bond acceptors (Lipinski definition) is 4. The van der Waals surface area contributed by atoms with Crippen molar-refractivity contribution in [2.24, 2.45) is 0 Å². The molecule has 0 unspecified atom stereocenters. The van der Waals surface area contributed by atoms with Crippen LogP contribution in [0.1, 0.15) is 42.6 Å². The van der Waals surface area contributed by atoms with Crippen LogP contribution in [0.3, 0.4) is 0 Å². The molecule has 0 radical (unpaired) electrons. The molecule has 1 amide bonds. The normalized spacial score (nSPS) is 16.1. The van der Waals surface area contributed by atoms with Crippen molar-refractivity contribution in [3.8, 4) is 0 Å². The summed E-state index contributed by atoms with van der Waals surface area (Å²) in [4.78, 5) is 24.8. The highest BCUT2D eigenvalue weighted by Crippen LogP contribution is 2.22. The van der Waals surface area contributed by atoms with Crippen LogP contribution in [-0.4, -0.2) is 56.3 Å². The van der Waals surface area contributed by atoms with E-state index in [0.717, 1.165) is 38.1 Å². The van der Waals surface area contributed by atoms with E-state index in [1.165, 1.54) is 6.20 Å². The van der Waals surface area contributed by atoms with Crippen LogP contribution in [0.25, 0.3) is 0 Å². The van der Waals surface area contributed by atoms with Gasteiger partial charge in [-0.25, -0.2) is 4.79 Å². The molecule has 1 aliphatic rings. The zero-order chi connectivity index (χ0) is 15.2. The summed E-state index contributed by atoms with van der Waals surface area (Å²) in [7, 11) is 0. The van der Waals surface area contributed by atoms with Crippen LogP contribution in [0.5, 0.6) is 0 Å². The van der Waals surface area contributed by atoms with Crippen molar-refractivity contribution in [1.82, 2.24) is 14.7 Å². The Labute approximate surface area is 128 Å². The number of carboxylic acid groups (broad SMARTS) is 1. The van der Waals surface area contributed by atoms with Gasteiger partial charge >= 0.3 is 5.97 Å². The molecule has 0 aliphatic carbocycles. The summed E-state index contributed by atoms with van der Waals surface area (Å²) in [5.41, 5.74) is 0.212. The number of likely N-dealkylation sites (tertiary alicyclic amines) is 1. The Morgan fingerprint density at radius 1 is 1.43 bits per heavy atom. The topological polar surface area (TPSA) is 75.4 Å². The SMILES string of the molecule is CCCSCC(=O)N1CCC(n2cc(C(=O)O)cn2)CC1. The van der Waals surface area contributed by atoms with E-state index in [4.69, 9.17) is 5.11 Å². The number of thioether (sulfide) groups is 1. The predicted octanol–water partition coefficient (Wildman–Crippen LogP) is 1.89. The van der Waals surface area contributed by atoms with Gasteiger partial charge in [-0.2, -0.15) is 16.9 Å². The molecule has 116 valence electrons. The number of carbonyl (C=O) groups excluding carboxylic acids is 1. The standard InChI is InChI=1S/C14H21N3O3S/c1-2-7-21-10-13(18)16-5-3-12(4-6-16)17-9-11(8-15-17)14(19)20/h8-9,12H,2-7,10H2,1H3,(H,19,20). The number of nitrogens with zero attached hydrogens (tertiary/aromatic N) is 3. The lowest BCUT2D eigenvalue weighted by Gasteiger charge is -2.32. The van der Waals surface area contributed by atoms with Gasteiger partial charge in [-0.1, -0.05) is 6.92 Å². The minimum atomic E-state index is -0.957. The summed E-state index contributed by atoms with van der Waals surface area (Å²) in [6.45, 7) is 3.55. The molecule has 2 heterocycles. The summed E-state index contributed by atoms with van der Waals surface area (Å²) >= 11 is 1.68. The number of carbonyl (C=O) groups is 2. The quantitative estimate of drug-likeness (QED) is 0.812. The van der Waals surface area contributed by atoms with Crippen LogP contribution in [0.2, 0.25) is 0 Å². The fraction of sp³-hybridized carbons (Fsp3) is 0.643. The minimum Gasteiger partial charge on any atom is -0.478 e. The van der Waals surface area contributed by atoms with E-state index in [0.29, 0.717) is 5.75 Å². The largest absolute Gasteiger partial charge is 0.478 e. The number of hydrogen-bond donors (Lipinski definition) is 1. The number of carboxylic acids is 1. The van der Waals surface area contributed by atoms with Crippen LogP contribution >= 0.6 is 11.8 Å². The fourth-order valence-electron chi connectivity index (χ4n) is 2.42. The first-order chi connectivity index (χ1) is 10.1. The molecule has 6 nitrogen and oxygen atoms in total. The molecule has 1 aromatic heterocycles. The minimum absolute atomic E-state index is 0.186. The van der Waals surface area contributed by atoms with Crippen LogP contribution < -0.4 is 0 Å². The lowest BCUT2D eigenvalue weighted by molar-refractivity contribution is -0.129. The molecule has 1 saturated heterocycles. The van der Waals surface area contributed by atoms with Gasteiger partial charge in [0.1, 0.15) is 0 Å². The van der Waals surface area contributed by atoms with Gasteiger partial charge in [0, 0.05) is 19.3 Å². The Morgan fingerprint density at radius 2 is 2.14 bits per heavy atom. The van der Waals surface area contributed by atoms with E-state index in [2.05, 4.69) is 12.0 Å². The van der Waals surface area contributed by atoms with Crippen molar-refractivity contribution < 1.29 is 14.7 Å². The molecular weight excluding hydrogens is 290 g/mol. The Kier molecular flexibility index (Phi) is 5.67. The van der Waals surface area contributed by atoms with E-state index in [-0.39, 0.29) is 17.5 Å². The first-order valence-corrected chi connectivity index (χ1v) is 8.40. The Balaban J connectivity index is 1.82. The molecule has 2 rings (SSSR count). The Hall–Kier alpha value is -1.50. The molecule has 0 bridgehead atoms. The second-order valence-corrected chi connectivity index (χ2v) is 6.28. The summed E-state index contributed by atoms with van der Waals surface area (Å²) in [6.07, 6.45) is 5.68. The lowest BCUT2D eigenvalue weighted by atomic mass is 10.1. The average Bonchev–Trinajstić information content (AvgIpc) is 2.97. The zero-order valence-corrected chi connectivity index (χ0v) is 13.0. The van der Waals surface area contributed by atoms with Gasteiger partial charge in [-0.15, -0.1) is 0 Å². The number of aromatic carboxylic acids is 1. The van der Waals surface area contributed by atoms with E-state index in [1.54, 1.807) is 22.6 Å². The average molecular weight is 311 g/mol. The first-order valence-electron chi connectivity index (χ1n) is 7.24. The highest BCUT2D eigenvalue weighted by Gasteiger charge is 2.24. The summed E-state index contributed by atoms with van der Waals surface area (Å²) in [5, 5.41) is 13.0. The smallest absolute Gasteiger partial charge is 0.338 e. The molecule has 1 N–H and O–H groups in total. The third-order valence-electron chi connectivity index (χ3n) is 3.61. The molecule has 0 atom stereocenters. The molecule has 0 saturated carbocycles. The van der Waals surface area contributed by atoms with Crippen molar-refractivity contribution in [3.63, 3.8) is 0 Å². The first kappa shape index (κ1) is 15.9. The number of amides is 1. The van der Waals surface area contributed by atoms with Crippen LogP contribution in [0.4, 0.5) is 0 Å². The Bertz CT molecular complexity index is 495. The van der Waals surface area contributed by atoms with Crippen molar-refractivity contribution in [3.05, 3.63) is 18.0 Å². The maximum Gasteiger partial charge on any atom is 0.338 e. The molecule has 1 fully saturated rings. The highest BCUT2D eigenvalue weighted by atomic mass is 32.2. The molecular formula is C14H21N3O3S. The van der Waals surface area contributed by atoms with Crippen LogP contribution in [-0.2, 0) is 4.79 Å². The maximum absolute atomic E-state index is 12.0. The zero-order valence-electron chi connectivity index (χ0n) is 12.2. The van der Waals surface area contributed by atoms with E-state index in [1.807, 2.05) is 4.90 Å². The molecule has 1 aliphatic heterocycles. The number of piperidine rings is 1. The van der Waals surface area contributed by atoms with Gasteiger partial charge in [0.05, 0.1) is 23.6 Å². The third-order valence-corrected chi connectivity index (χ3v) is 4.76. The van der Waals surface area contributed by atoms with Crippen molar-refractivity contribution in [1.29, 1.82) is 0 Å². The van der Waals surface area contributed by atoms with Crippen LogP contribution in [0.15, 0.2) is 12.4 Å². The molecule has 21 heavy (non-hydrogen) atoms. The maximum atomic E-state index is 12.0. The Morgan fingerprint density at radius 3 is 2.71 bits per heavy atom. The lowest BCUT2D eigenvalue weighted by Crippen LogP contribution is -2.40. The number of rotatable bonds is 6. The summed E-state index contributed by atoms with van der Waals surface area (Å²) < 4.78 is 1.72. The second-order valence-electron chi connectivity index (χ2n) is 5.18. The monoisotopic (exact) mass is 311 g/mol. The summed E-state index contributed by atoms with van der Waals surface area (Å²) in [6, 6.07) is 0.186. The van der Waals surface area contributed by atoms with Crippen molar-refractivity contribution >= 4 is 23.6 Å². The van der Waals surface area contributed by atoms with E-state index in [9.17, 15) is 9.59 Å². The second kappa shape index (κ2) is 7.49. The molecule has 0 aromatic carbocycles. The third kappa shape index (κ3) is 4.23. The van der Waals surface area contributed by atoms with Gasteiger partial charge in [0.15, 0.2) is 0 Å². The van der Waals surface area contributed by atoms with Gasteiger partial charge in [0.25, 0.3) is 0 Å². The van der Waals surface area contributed by atoms with Gasteiger partial charge < -0.3 is 10.0 Å².